The number of methoxy groups -OCH3 is 2. The average molecular weight is 791 g/mol. The van der Waals surface area contributed by atoms with Crippen molar-refractivity contribution in [2.24, 2.45) is 22.7 Å². The Hall–Kier alpha value is -5.66. The standard InChI is InChI=1S/C44H54N8O6/c1-25(2)35(49-41(55)57-5)39(53)51-23-43(15-16-43)19-33(51)37-45-21-31(47-37)29-11-7-27(8-12-29)28-9-13-30(14-10-28)32-22-46-38(48-32)34-20-44(17-18-44)24-52(34)40(54)36(26(3)4)50-42(56)58-6/h7-14,21-22,25-26,33-36H,15-20,23-24H2,1-6H3,(H,45,47)(H,46,48)(H,49,55)(H,50,56)/t33-,34-,35+,36+/m0/s1. The van der Waals surface area contributed by atoms with Crippen LogP contribution in [0.4, 0.5) is 9.59 Å². The predicted octanol–water partition coefficient (Wildman–Crippen LogP) is 7.00. The van der Waals surface area contributed by atoms with Gasteiger partial charge in [-0.1, -0.05) is 76.2 Å². The molecule has 2 aliphatic heterocycles. The van der Waals surface area contributed by atoms with Crippen LogP contribution in [0.5, 0.6) is 0 Å². The Bertz CT molecular complexity index is 2010. The van der Waals surface area contributed by atoms with E-state index in [0.717, 1.165) is 83.8 Å². The molecule has 2 aromatic carbocycles. The number of imidazole rings is 2. The summed E-state index contributed by atoms with van der Waals surface area (Å²) in [5.74, 6) is 1.08. The predicted molar refractivity (Wildman–Crippen MR) is 217 cm³/mol. The first-order valence-corrected chi connectivity index (χ1v) is 20.4. The fraction of sp³-hybridized carbons (Fsp3) is 0.500. The van der Waals surface area contributed by atoms with E-state index in [9.17, 15) is 19.2 Å². The van der Waals surface area contributed by atoms with Gasteiger partial charge in [0, 0.05) is 13.1 Å². The van der Waals surface area contributed by atoms with E-state index in [4.69, 9.17) is 19.4 Å². The Labute approximate surface area is 338 Å². The van der Waals surface area contributed by atoms with Gasteiger partial charge in [0.1, 0.15) is 23.7 Å². The number of benzene rings is 2. The second kappa shape index (κ2) is 15.3. The molecule has 4 heterocycles. The van der Waals surface area contributed by atoms with E-state index < -0.39 is 24.3 Å². The van der Waals surface area contributed by atoms with Crippen LogP contribution in [0.1, 0.15) is 90.0 Å². The minimum Gasteiger partial charge on any atom is -0.453 e. The topological polar surface area (TPSA) is 175 Å². The number of nitrogens with zero attached hydrogens (tertiary/aromatic N) is 4. The maximum absolute atomic E-state index is 13.9. The van der Waals surface area contributed by atoms with Crippen LogP contribution >= 0.6 is 0 Å². The van der Waals surface area contributed by atoms with Crippen molar-refractivity contribution >= 4 is 24.0 Å². The molecule has 0 bridgehead atoms. The first-order chi connectivity index (χ1) is 27.8. The van der Waals surface area contributed by atoms with Gasteiger partial charge in [0.05, 0.1) is 50.1 Å². The zero-order chi connectivity index (χ0) is 40.9. The van der Waals surface area contributed by atoms with Gasteiger partial charge in [0.15, 0.2) is 0 Å². The summed E-state index contributed by atoms with van der Waals surface area (Å²) < 4.78 is 9.62. The summed E-state index contributed by atoms with van der Waals surface area (Å²) in [5, 5.41) is 5.49. The molecule has 4 aliphatic rings. The number of amides is 4. The summed E-state index contributed by atoms with van der Waals surface area (Å²) in [4.78, 5) is 72.3. The molecular weight excluding hydrogens is 737 g/mol. The minimum atomic E-state index is -0.686. The van der Waals surface area contributed by atoms with Crippen LogP contribution in [0.15, 0.2) is 60.9 Å². The highest BCUT2D eigenvalue weighted by Gasteiger charge is 2.56. The molecule has 2 saturated carbocycles. The number of aromatic nitrogens is 4. The van der Waals surface area contributed by atoms with Gasteiger partial charge in [-0.2, -0.15) is 0 Å². The number of H-pyrrole nitrogens is 2. The molecule has 4 aromatic rings. The fourth-order valence-corrected chi connectivity index (χ4v) is 8.89. The Morgan fingerprint density at radius 3 is 1.28 bits per heavy atom. The van der Waals surface area contributed by atoms with E-state index >= 15 is 0 Å². The lowest BCUT2D eigenvalue weighted by Crippen LogP contribution is -2.51. The largest absolute Gasteiger partial charge is 0.453 e. The van der Waals surface area contributed by atoms with Crippen molar-refractivity contribution in [2.45, 2.75) is 90.4 Å². The second-order valence-corrected chi connectivity index (χ2v) is 17.6. The first kappa shape index (κ1) is 39.2. The van der Waals surface area contributed by atoms with Crippen LogP contribution in [0.3, 0.4) is 0 Å². The summed E-state index contributed by atoms with van der Waals surface area (Å²) in [5.41, 5.74) is 6.10. The van der Waals surface area contributed by atoms with Gasteiger partial charge in [-0.05, 0) is 83.4 Å². The lowest BCUT2D eigenvalue weighted by Gasteiger charge is -2.30. The van der Waals surface area contributed by atoms with Crippen molar-refractivity contribution in [2.75, 3.05) is 27.3 Å². The Morgan fingerprint density at radius 1 is 0.621 bits per heavy atom. The first-order valence-electron chi connectivity index (χ1n) is 20.4. The van der Waals surface area contributed by atoms with E-state index in [-0.39, 0.29) is 46.6 Å². The molecule has 4 fully saturated rings. The third-order valence-corrected chi connectivity index (χ3v) is 12.8. The number of alkyl carbamates (subject to hydrolysis) is 2. The van der Waals surface area contributed by atoms with Crippen LogP contribution in [0.2, 0.25) is 0 Å². The molecule has 4 amide bonds. The molecule has 58 heavy (non-hydrogen) atoms. The van der Waals surface area contributed by atoms with Gasteiger partial charge >= 0.3 is 12.2 Å². The Balaban J connectivity index is 0.944. The van der Waals surface area contributed by atoms with Gasteiger partial charge in [0.25, 0.3) is 0 Å². The lowest BCUT2D eigenvalue weighted by atomic mass is 10.0. The third-order valence-electron chi connectivity index (χ3n) is 12.8. The molecule has 4 atom stereocenters. The van der Waals surface area contributed by atoms with E-state index in [0.29, 0.717) is 13.1 Å². The van der Waals surface area contributed by atoms with E-state index in [2.05, 4.69) is 69.1 Å². The van der Waals surface area contributed by atoms with Crippen molar-refractivity contribution in [1.29, 1.82) is 0 Å². The Morgan fingerprint density at radius 2 is 0.966 bits per heavy atom. The molecule has 4 N–H and O–H groups in total. The molecule has 306 valence electrons. The van der Waals surface area contributed by atoms with Crippen LogP contribution in [-0.4, -0.2) is 93.1 Å². The fourth-order valence-electron chi connectivity index (χ4n) is 8.89. The maximum Gasteiger partial charge on any atom is 0.407 e. The summed E-state index contributed by atoms with van der Waals surface area (Å²) in [6, 6.07) is 14.9. The number of nitrogens with one attached hydrogen (secondary N) is 4. The number of carbonyl (C=O) groups is 4. The molecule has 2 aliphatic carbocycles. The third kappa shape index (κ3) is 7.68. The molecule has 8 rings (SSSR count). The number of likely N-dealkylation sites (tertiary alicyclic amines) is 2. The monoisotopic (exact) mass is 790 g/mol. The molecular formula is C44H54N8O6. The van der Waals surface area contributed by atoms with Gasteiger partial charge < -0.3 is 39.9 Å². The summed E-state index contributed by atoms with van der Waals surface area (Å²) in [7, 11) is 2.61. The van der Waals surface area contributed by atoms with Gasteiger partial charge in [-0.25, -0.2) is 19.6 Å². The molecule has 2 spiro atoms. The molecule has 2 saturated heterocycles. The molecule has 14 heteroatoms. The SMILES string of the molecule is COC(=O)N[C@@H](C(=O)N1CC2(CC2)C[C@H]1c1ncc(-c2ccc(-c3ccc(-c4cnc([C@@H]5CC6(CC6)CN5C(=O)[C@H](NC(=O)OC)C(C)C)[nH]4)cc3)cc2)[nH]1)C(C)C. The van der Waals surface area contributed by atoms with Gasteiger partial charge in [0.2, 0.25) is 11.8 Å². The number of rotatable bonds is 11. The number of aromatic amines is 2. The molecule has 0 radical (unpaired) electrons. The van der Waals surface area contributed by atoms with Crippen molar-refractivity contribution in [1.82, 2.24) is 40.4 Å². The quantitative estimate of drug-likeness (QED) is 0.126. The van der Waals surface area contributed by atoms with Crippen LogP contribution in [0.25, 0.3) is 33.6 Å². The van der Waals surface area contributed by atoms with Crippen LogP contribution in [-0.2, 0) is 19.1 Å². The van der Waals surface area contributed by atoms with E-state index in [1.165, 1.54) is 14.2 Å². The van der Waals surface area contributed by atoms with Crippen molar-refractivity contribution in [3.8, 4) is 33.6 Å². The molecule has 14 nitrogen and oxygen atoms in total. The number of ether oxygens (including phenoxy) is 2. The highest BCUT2D eigenvalue weighted by atomic mass is 16.5. The molecule has 2 aromatic heterocycles. The van der Waals surface area contributed by atoms with Crippen LogP contribution in [0, 0.1) is 22.7 Å². The van der Waals surface area contributed by atoms with Crippen molar-refractivity contribution < 1.29 is 28.7 Å². The highest BCUT2D eigenvalue weighted by Crippen LogP contribution is 2.59. The number of hydrogen-bond donors (Lipinski definition) is 4. The smallest absolute Gasteiger partial charge is 0.407 e. The maximum atomic E-state index is 13.9. The Kier molecular flexibility index (Phi) is 10.3. The van der Waals surface area contributed by atoms with Gasteiger partial charge in [-0.3, -0.25) is 9.59 Å². The summed E-state index contributed by atoms with van der Waals surface area (Å²) in [6.45, 7) is 9.00. The zero-order valence-corrected chi connectivity index (χ0v) is 34.1. The summed E-state index contributed by atoms with van der Waals surface area (Å²) >= 11 is 0. The van der Waals surface area contributed by atoms with Crippen molar-refractivity contribution in [3.63, 3.8) is 0 Å². The normalized spacial score (nSPS) is 21.0. The van der Waals surface area contributed by atoms with E-state index in [1.807, 2.05) is 49.9 Å². The van der Waals surface area contributed by atoms with Crippen LogP contribution < -0.4 is 10.6 Å². The number of hydrogen-bond acceptors (Lipinski definition) is 8. The van der Waals surface area contributed by atoms with Gasteiger partial charge in [-0.15, -0.1) is 0 Å². The van der Waals surface area contributed by atoms with Crippen molar-refractivity contribution in [3.05, 3.63) is 72.6 Å². The second-order valence-electron chi connectivity index (χ2n) is 17.6. The average Bonchev–Trinajstić information content (AvgIpc) is 3.80. The molecule has 0 unspecified atom stereocenters. The number of carbonyl (C=O) groups excluding carboxylic acids is 4. The minimum absolute atomic E-state index is 0.104. The lowest BCUT2D eigenvalue weighted by molar-refractivity contribution is -0.136. The summed E-state index contributed by atoms with van der Waals surface area (Å²) in [6.07, 6.45) is 8.47. The highest BCUT2D eigenvalue weighted by molar-refractivity contribution is 5.87. The van der Waals surface area contributed by atoms with E-state index in [1.54, 1.807) is 0 Å². The zero-order valence-electron chi connectivity index (χ0n) is 34.1.